The maximum atomic E-state index is 6.21. The first-order chi connectivity index (χ1) is 10.1. The number of nitrogens with zero attached hydrogens (tertiary/aromatic N) is 2. The molecule has 0 unspecified atom stereocenters. The van der Waals surface area contributed by atoms with Gasteiger partial charge in [0.25, 0.3) is 0 Å². The molecule has 1 aliphatic heterocycles. The van der Waals surface area contributed by atoms with Gasteiger partial charge in [-0.2, -0.15) is 5.10 Å². The lowest BCUT2D eigenvalue weighted by molar-refractivity contribution is 0.109. The Bertz CT molecular complexity index is 509. The fourth-order valence-corrected chi connectivity index (χ4v) is 3.08. The van der Waals surface area contributed by atoms with Gasteiger partial charge in [0.2, 0.25) is 0 Å². The second-order valence-corrected chi connectivity index (χ2v) is 5.90. The van der Waals surface area contributed by atoms with Crippen LogP contribution in [0.2, 0.25) is 5.02 Å². The van der Waals surface area contributed by atoms with Crippen molar-refractivity contribution in [2.24, 2.45) is 5.10 Å². The van der Waals surface area contributed by atoms with E-state index >= 15 is 0 Å². The van der Waals surface area contributed by atoms with Crippen molar-refractivity contribution < 1.29 is 9.47 Å². The quantitative estimate of drug-likeness (QED) is 0.790. The predicted molar refractivity (Wildman–Crippen MR) is 86.8 cm³/mol. The molecule has 0 radical (unpaired) electrons. The lowest BCUT2D eigenvalue weighted by Gasteiger charge is -2.36. The topological polar surface area (TPSA) is 34.1 Å². The van der Waals surface area contributed by atoms with Crippen molar-refractivity contribution in [1.82, 2.24) is 5.01 Å². The Morgan fingerprint density at radius 1 is 1.19 bits per heavy atom. The molecule has 2 atom stereocenters. The zero-order chi connectivity index (χ0) is 15.4. The summed E-state index contributed by atoms with van der Waals surface area (Å²) >= 11 is 6.21. The van der Waals surface area contributed by atoms with Crippen LogP contribution in [0.1, 0.15) is 38.7 Å². The first-order valence-electron chi connectivity index (χ1n) is 7.30. The molecule has 4 nitrogen and oxygen atoms in total. The molecule has 0 aliphatic carbocycles. The molecular formula is C16H23ClN2O2. The van der Waals surface area contributed by atoms with Crippen molar-refractivity contribution in [2.45, 2.75) is 45.2 Å². The van der Waals surface area contributed by atoms with Crippen molar-refractivity contribution in [3.05, 3.63) is 22.7 Å². The number of hydrogen-bond acceptors (Lipinski definition) is 4. The van der Waals surface area contributed by atoms with Gasteiger partial charge in [-0.3, -0.25) is 5.01 Å². The summed E-state index contributed by atoms with van der Waals surface area (Å²) in [6.07, 6.45) is 5.49. The van der Waals surface area contributed by atoms with Gasteiger partial charge in [0.1, 0.15) is 0 Å². The highest BCUT2D eigenvalue weighted by atomic mass is 35.5. The summed E-state index contributed by atoms with van der Waals surface area (Å²) < 4.78 is 10.5. The van der Waals surface area contributed by atoms with E-state index in [0.29, 0.717) is 28.6 Å². The van der Waals surface area contributed by atoms with Gasteiger partial charge < -0.3 is 9.47 Å². The standard InChI is InChI=1S/C16H23ClN2O2/c1-11-6-5-7-12(2)19(11)18-10-13-8-14(17)16(21-4)15(9-13)20-3/h8-12H,5-7H2,1-4H3/b18-10-/t11-,12-/m0/s1. The van der Waals surface area contributed by atoms with E-state index in [1.807, 2.05) is 18.3 Å². The monoisotopic (exact) mass is 310 g/mol. The molecule has 1 fully saturated rings. The molecule has 1 saturated heterocycles. The second-order valence-electron chi connectivity index (χ2n) is 5.49. The van der Waals surface area contributed by atoms with Crippen LogP contribution in [0.15, 0.2) is 17.2 Å². The molecule has 21 heavy (non-hydrogen) atoms. The van der Waals surface area contributed by atoms with E-state index in [9.17, 15) is 0 Å². The Labute approximate surface area is 131 Å². The van der Waals surface area contributed by atoms with E-state index in [4.69, 9.17) is 21.1 Å². The first kappa shape index (κ1) is 16.0. The van der Waals surface area contributed by atoms with Crippen LogP contribution >= 0.6 is 11.6 Å². The largest absolute Gasteiger partial charge is 0.493 e. The summed E-state index contributed by atoms with van der Waals surface area (Å²) in [5.41, 5.74) is 0.905. The van der Waals surface area contributed by atoms with E-state index in [1.54, 1.807) is 14.2 Å². The molecule has 1 aromatic carbocycles. The van der Waals surface area contributed by atoms with Crippen LogP contribution in [0, 0.1) is 0 Å². The number of hydrogen-bond donors (Lipinski definition) is 0. The maximum absolute atomic E-state index is 6.21. The van der Waals surface area contributed by atoms with Gasteiger partial charge in [0, 0.05) is 12.1 Å². The van der Waals surface area contributed by atoms with Crippen LogP contribution in [-0.2, 0) is 0 Å². The molecule has 116 valence electrons. The molecule has 5 heteroatoms. The number of methoxy groups -OCH3 is 2. The maximum Gasteiger partial charge on any atom is 0.179 e. The van der Waals surface area contributed by atoms with Crippen LogP contribution in [0.5, 0.6) is 11.5 Å². The smallest absolute Gasteiger partial charge is 0.179 e. The summed E-state index contributed by atoms with van der Waals surface area (Å²) in [5, 5.41) is 7.34. The second kappa shape index (κ2) is 7.03. The fraction of sp³-hybridized carbons (Fsp3) is 0.562. The number of hydrazone groups is 1. The molecular weight excluding hydrogens is 288 g/mol. The van der Waals surface area contributed by atoms with Gasteiger partial charge in [-0.25, -0.2) is 0 Å². The third-order valence-electron chi connectivity index (χ3n) is 3.94. The molecule has 1 aliphatic rings. The Morgan fingerprint density at radius 2 is 1.86 bits per heavy atom. The van der Waals surface area contributed by atoms with Crippen LogP contribution in [0.3, 0.4) is 0 Å². The summed E-state index contributed by atoms with van der Waals surface area (Å²) in [5.74, 6) is 1.17. The van der Waals surface area contributed by atoms with Crippen LogP contribution in [-0.4, -0.2) is 37.5 Å². The number of benzene rings is 1. The van der Waals surface area contributed by atoms with E-state index in [1.165, 1.54) is 19.3 Å². The number of rotatable bonds is 4. The van der Waals surface area contributed by atoms with Crippen molar-refractivity contribution in [3.63, 3.8) is 0 Å². The van der Waals surface area contributed by atoms with E-state index in [-0.39, 0.29) is 0 Å². The van der Waals surface area contributed by atoms with Gasteiger partial charge in [0.05, 0.1) is 25.5 Å². The minimum Gasteiger partial charge on any atom is -0.493 e. The van der Waals surface area contributed by atoms with Crippen molar-refractivity contribution in [3.8, 4) is 11.5 Å². The molecule has 1 aromatic rings. The van der Waals surface area contributed by atoms with Crippen molar-refractivity contribution in [2.75, 3.05) is 14.2 Å². The van der Waals surface area contributed by atoms with Crippen LogP contribution in [0.25, 0.3) is 0 Å². The molecule has 0 bridgehead atoms. The Morgan fingerprint density at radius 3 is 2.43 bits per heavy atom. The van der Waals surface area contributed by atoms with E-state index in [2.05, 4.69) is 24.0 Å². The van der Waals surface area contributed by atoms with E-state index < -0.39 is 0 Å². The summed E-state index contributed by atoms with van der Waals surface area (Å²) in [4.78, 5) is 0. The minimum atomic E-state index is 0.473. The molecule has 0 spiro atoms. The van der Waals surface area contributed by atoms with Gasteiger partial charge in [-0.05, 0) is 50.8 Å². The SMILES string of the molecule is COc1cc(/C=N\N2[C@@H](C)CCC[C@@H]2C)cc(Cl)c1OC. The molecule has 0 N–H and O–H groups in total. The highest BCUT2D eigenvalue weighted by Gasteiger charge is 2.22. The minimum absolute atomic E-state index is 0.473. The molecule has 0 amide bonds. The Kier molecular flexibility index (Phi) is 5.34. The van der Waals surface area contributed by atoms with Gasteiger partial charge in [-0.1, -0.05) is 11.6 Å². The zero-order valence-electron chi connectivity index (χ0n) is 13.1. The third-order valence-corrected chi connectivity index (χ3v) is 4.22. The molecule has 2 rings (SSSR count). The highest BCUT2D eigenvalue weighted by molar-refractivity contribution is 6.32. The Balaban J connectivity index is 2.22. The Hall–Kier alpha value is -1.42. The van der Waals surface area contributed by atoms with Gasteiger partial charge >= 0.3 is 0 Å². The lowest BCUT2D eigenvalue weighted by Crippen LogP contribution is -2.39. The summed E-state index contributed by atoms with van der Waals surface area (Å²) in [6, 6.07) is 4.67. The average Bonchev–Trinajstić information content (AvgIpc) is 2.46. The summed E-state index contributed by atoms with van der Waals surface area (Å²) in [6.45, 7) is 4.43. The number of halogens is 1. The molecule has 0 aromatic heterocycles. The predicted octanol–water partition coefficient (Wildman–Crippen LogP) is 3.95. The van der Waals surface area contributed by atoms with Gasteiger partial charge in [-0.15, -0.1) is 0 Å². The zero-order valence-corrected chi connectivity index (χ0v) is 13.9. The average molecular weight is 311 g/mol. The normalized spacial score (nSPS) is 22.6. The molecule has 1 heterocycles. The van der Waals surface area contributed by atoms with Crippen LogP contribution < -0.4 is 9.47 Å². The first-order valence-corrected chi connectivity index (χ1v) is 7.68. The number of piperidine rings is 1. The van der Waals surface area contributed by atoms with E-state index in [0.717, 1.165) is 5.56 Å². The lowest BCUT2D eigenvalue weighted by atomic mass is 10.00. The summed E-state index contributed by atoms with van der Waals surface area (Å²) in [7, 11) is 3.18. The van der Waals surface area contributed by atoms with Crippen molar-refractivity contribution >= 4 is 17.8 Å². The third kappa shape index (κ3) is 3.62. The van der Waals surface area contributed by atoms with Crippen LogP contribution in [0.4, 0.5) is 0 Å². The number of ether oxygens (including phenoxy) is 2. The molecule has 0 saturated carbocycles. The van der Waals surface area contributed by atoms with Crippen molar-refractivity contribution in [1.29, 1.82) is 0 Å². The van der Waals surface area contributed by atoms with Gasteiger partial charge in [0.15, 0.2) is 11.5 Å². The fourth-order valence-electron chi connectivity index (χ4n) is 2.78. The highest BCUT2D eigenvalue weighted by Crippen LogP contribution is 2.35.